The average Bonchev–Trinajstić information content (AvgIpc) is 3.22. The number of hydrogen-bond donors (Lipinski definition) is 2. The van der Waals surface area contributed by atoms with E-state index < -0.39 is 12.0 Å². The molecule has 1 aromatic carbocycles. The van der Waals surface area contributed by atoms with Crippen LogP contribution < -0.4 is 9.47 Å². The number of ether oxygens (including phenoxy) is 2. The standard InChI is InChI=1S/C17H19N5O5/c23-16(15-18-10-19-20-15)22-5-3-21(4-6-22)14(17(24)25)11-1-2-12-13(9-11)27-8-7-26-12/h1-2,9-10,14H,3-8H2,(H,24,25)(H,18,19,20)/t14-/m0/s1. The molecule has 27 heavy (non-hydrogen) atoms. The normalized spacial score (nSPS) is 18.1. The molecule has 2 aliphatic heterocycles. The number of nitrogens with zero attached hydrogens (tertiary/aromatic N) is 4. The number of fused-ring (bicyclic) bond motifs is 1. The molecule has 0 saturated carbocycles. The van der Waals surface area contributed by atoms with Crippen molar-refractivity contribution in [3.05, 3.63) is 35.9 Å². The van der Waals surface area contributed by atoms with Gasteiger partial charge >= 0.3 is 5.97 Å². The Balaban J connectivity index is 1.48. The van der Waals surface area contributed by atoms with E-state index in [0.29, 0.717) is 56.5 Å². The Hall–Kier alpha value is -3.14. The molecule has 1 atom stereocenters. The fourth-order valence-corrected chi connectivity index (χ4v) is 3.38. The Morgan fingerprint density at radius 3 is 2.52 bits per heavy atom. The summed E-state index contributed by atoms with van der Waals surface area (Å²) in [5.74, 6) is 0.186. The molecule has 1 saturated heterocycles. The Labute approximate surface area is 154 Å². The lowest BCUT2D eigenvalue weighted by Crippen LogP contribution is -2.51. The van der Waals surface area contributed by atoms with Gasteiger partial charge in [0.1, 0.15) is 25.6 Å². The highest BCUT2D eigenvalue weighted by molar-refractivity contribution is 5.90. The maximum absolute atomic E-state index is 12.3. The van der Waals surface area contributed by atoms with Crippen LogP contribution in [0, 0.1) is 0 Å². The highest BCUT2D eigenvalue weighted by atomic mass is 16.6. The number of aromatic amines is 1. The molecule has 3 heterocycles. The van der Waals surface area contributed by atoms with Crippen LogP contribution in [0.25, 0.3) is 0 Å². The van der Waals surface area contributed by atoms with Crippen LogP contribution in [0.3, 0.4) is 0 Å². The summed E-state index contributed by atoms with van der Waals surface area (Å²) in [4.78, 5) is 31.6. The highest BCUT2D eigenvalue weighted by Crippen LogP contribution is 2.34. The Bertz CT molecular complexity index is 832. The number of aromatic nitrogens is 3. The van der Waals surface area contributed by atoms with Crippen LogP contribution in [0.15, 0.2) is 24.5 Å². The summed E-state index contributed by atoms with van der Waals surface area (Å²) in [5.41, 5.74) is 0.627. The van der Waals surface area contributed by atoms with E-state index in [1.54, 1.807) is 23.1 Å². The lowest BCUT2D eigenvalue weighted by atomic mass is 10.0. The molecule has 0 spiro atoms. The smallest absolute Gasteiger partial charge is 0.325 e. The number of amides is 1. The minimum absolute atomic E-state index is 0.185. The van der Waals surface area contributed by atoms with E-state index >= 15 is 0 Å². The van der Waals surface area contributed by atoms with Crippen molar-refractivity contribution in [1.29, 1.82) is 0 Å². The first-order valence-electron chi connectivity index (χ1n) is 8.64. The largest absolute Gasteiger partial charge is 0.486 e. The third-order valence-corrected chi connectivity index (χ3v) is 4.70. The Morgan fingerprint density at radius 2 is 1.85 bits per heavy atom. The minimum atomic E-state index is -0.943. The zero-order chi connectivity index (χ0) is 18.8. The molecule has 2 N–H and O–H groups in total. The summed E-state index contributed by atoms with van der Waals surface area (Å²) in [6.07, 6.45) is 1.28. The van der Waals surface area contributed by atoms with E-state index in [-0.39, 0.29) is 11.7 Å². The van der Waals surface area contributed by atoms with Crippen LogP contribution in [0.4, 0.5) is 0 Å². The SMILES string of the molecule is O=C(O)[C@H](c1ccc2c(c1)OCCO2)N1CCN(C(=O)c2ncn[nH]2)CC1. The maximum Gasteiger partial charge on any atom is 0.325 e. The molecule has 1 amide bonds. The predicted molar refractivity (Wildman–Crippen MR) is 91.7 cm³/mol. The lowest BCUT2D eigenvalue weighted by Gasteiger charge is -2.37. The quantitative estimate of drug-likeness (QED) is 0.777. The summed E-state index contributed by atoms with van der Waals surface area (Å²) >= 11 is 0. The summed E-state index contributed by atoms with van der Waals surface area (Å²) in [5, 5.41) is 16.0. The predicted octanol–water partition coefficient (Wildman–Crippen LogP) is 0.160. The number of carbonyl (C=O) groups is 2. The third-order valence-electron chi connectivity index (χ3n) is 4.70. The molecule has 0 aliphatic carbocycles. The molecular formula is C17H19N5O5. The van der Waals surface area contributed by atoms with Gasteiger partial charge in [0.05, 0.1) is 0 Å². The van der Waals surface area contributed by atoms with Gasteiger partial charge in [-0.3, -0.25) is 19.6 Å². The van der Waals surface area contributed by atoms with E-state index in [0.717, 1.165) is 0 Å². The van der Waals surface area contributed by atoms with Crippen molar-refractivity contribution in [1.82, 2.24) is 25.0 Å². The third kappa shape index (κ3) is 3.43. The minimum Gasteiger partial charge on any atom is -0.486 e. The molecular weight excluding hydrogens is 354 g/mol. The lowest BCUT2D eigenvalue weighted by molar-refractivity contribution is -0.144. The number of carbonyl (C=O) groups excluding carboxylic acids is 1. The van der Waals surface area contributed by atoms with Gasteiger partial charge in [-0.25, -0.2) is 4.98 Å². The van der Waals surface area contributed by atoms with Crippen molar-refractivity contribution in [2.45, 2.75) is 6.04 Å². The van der Waals surface area contributed by atoms with E-state index in [1.165, 1.54) is 6.33 Å². The van der Waals surface area contributed by atoms with E-state index in [4.69, 9.17) is 9.47 Å². The average molecular weight is 373 g/mol. The first-order valence-corrected chi connectivity index (χ1v) is 8.64. The van der Waals surface area contributed by atoms with Gasteiger partial charge in [-0.1, -0.05) is 6.07 Å². The monoisotopic (exact) mass is 373 g/mol. The van der Waals surface area contributed by atoms with Gasteiger partial charge in [0.25, 0.3) is 5.91 Å². The van der Waals surface area contributed by atoms with Gasteiger partial charge < -0.3 is 19.5 Å². The molecule has 10 nitrogen and oxygen atoms in total. The van der Waals surface area contributed by atoms with E-state index in [9.17, 15) is 14.7 Å². The number of carboxylic acids is 1. The molecule has 2 aliphatic rings. The fraction of sp³-hybridized carbons (Fsp3) is 0.412. The number of carboxylic acid groups (broad SMARTS) is 1. The number of hydrogen-bond acceptors (Lipinski definition) is 7. The summed E-state index contributed by atoms with van der Waals surface area (Å²) in [6, 6.07) is 4.39. The second-order valence-electron chi connectivity index (χ2n) is 6.31. The molecule has 142 valence electrons. The Kier molecular flexibility index (Phi) is 4.63. The fourth-order valence-electron chi connectivity index (χ4n) is 3.38. The molecule has 1 aromatic heterocycles. The van der Waals surface area contributed by atoms with E-state index in [2.05, 4.69) is 15.2 Å². The van der Waals surface area contributed by atoms with Gasteiger partial charge in [0, 0.05) is 26.2 Å². The van der Waals surface area contributed by atoms with Crippen molar-refractivity contribution in [2.24, 2.45) is 0 Å². The number of rotatable bonds is 4. The molecule has 1 fully saturated rings. The second-order valence-corrected chi connectivity index (χ2v) is 6.31. The molecule has 4 rings (SSSR count). The number of nitrogens with one attached hydrogen (secondary N) is 1. The van der Waals surface area contributed by atoms with Crippen LogP contribution in [0.5, 0.6) is 11.5 Å². The first kappa shape index (κ1) is 17.3. The number of H-pyrrole nitrogens is 1. The van der Waals surface area contributed by atoms with Crippen LogP contribution >= 0.6 is 0 Å². The molecule has 0 radical (unpaired) electrons. The van der Waals surface area contributed by atoms with Crippen molar-refractivity contribution in [2.75, 3.05) is 39.4 Å². The number of aliphatic carboxylic acids is 1. The summed E-state index contributed by atoms with van der Waals surface area (Å²) < 4.78 is 11.1. The van der Waals surface area contributed by atoms with Gasteiger partial charge in [-0.15, -0.1) is 0 Å². The maximum atomic E-state index is 12.3. The summed E-state index contributed by atoms with van der Waals surface area (Å²) in [6.45, 7) is 2.62. The first-order chi connectivity index (χ1) is 13.1. The van der Waals surface area contributed by atoms with Gasteiger partial charge in [0.15, 0.2) is 11.5 Å². The van der Waals surface area contributed by atoms with Crippen LogP contribution in [0.1, 0.15) is 22.2 Å². The molecule has 0 bridgehead atoms. The zero-order valence-electron chi connectivity index (χ0n) is 14.5. The van der Waals surface area contributed by atoms with Crippen molar-refractivity contribution in [3.8, 4) is 11.5 Å². The highest BCUT2D eigenvalue weighted by Gasteiger charge is 2.33. The van der Waals surface area contributed by atoms with Crippen LogP contribution in [-0.2, 0) is 4.79 Å². The van der Waals surface area contributed by atoms with Crippen molar-refractivity contribution >= 4 is 11.9 Å². The molecule has 10 heteroatoms. The van der Waals surface area contributed by atoms with Crippen LogP contribution in [-0.4, -0.2) is 81.4 Å². The van der Waals surface area contributed by atoms with Gasteiger partial charge in [-0.2, -0.15) is 5.10 Å². The second kappa shape index (κ2) is 7.23. The van der Waals surface area contributed by atoms with Crippen molar-refractivity contribution < 1.29 is 24.2 Å². The molecule has 2 aromatic rings. The van der Waals surface area contributed by atoms with Gasteiger partial charge in [-0.05, 0) is 17.7 Å². The van der Waals surface area contributed by atoms with E-state index in [1.807, 2.05) is 4.90 Å². The van der Waals surface area contributed by atoms with Crippen molar-refractivity contribution in [3.63, 3.8) is 0 Å². The zero-order valence-corrected chi connectivity index (χ0v) is 14.5. The number of benzene rings is 1. The van der Waals surface area contributed by atoms with Gasteiger partial charge in [0.2, 0.25) is 5.82 Å². The number of piperazine rings is 1. The Morgan fingerprint density at radius 1 is 1.11 bits per heavy atom. The summed E-state index contributed by atoms with van der Waals surface area (Å²) in [7, 11) is 0. The molecule has 0 unspecified atom stereocenters. The van der Waals surface area contributed by atoms with Crippen LogP contribution in [0.2, 0.25) is 0 Å². The topological polar surface area (TPSA) is 121 Å².